The molecular weight excluding hydrogens is 394 g/mol. The third kappa shape index (κ3) is 3.45. The zero-order valence-corrected chi connectivity index (χ0v) is 16.5. The van der Waals surface area contributed by atoms with Crippen LogP contribution in [0.3, 0.4) is 0 Å². The predicted molar refractivity (Wildman–Crippen MR) is 105 cm³/mol. The van der Waals surface area contributed by atoms with Gasteiger partial charge in [-0.25, -0.2) is 0 Å². The topological polar surface area (TPSA) is 47.6 Å². The molecule has 2 aromatic carbocycles. The number of hydrogen-bond acceptors (Lipinski definition) is 3. The van der Waals surface area contributed by atoms with E-state index in [1.165, 1.54) is 5.56 Å². The lowest BCUT2D eigenvalue weighted by Crippen LogP contribution is -2.15. The van der Waals surface area contributed by atoms with E-state index in [0.29, 0.717) is 18.2 Å². The number of nitrogens with one attached hydrogen (secondary N) is 1. The first-order valence-electron chi connectivity index (χ1n) is 9.08. The van der Waals surface area contributed by atoms with Crippen molar-refractivity contribution in [3.05, 3.63) is 52.0 Å². The number of halogens is 1. The first kappa shape index (κ1) is 17.4. The van der Waals surface area contributed by atoms with Crippen molar-refractivity contribution in [1.82, 2.24) is 0 Å². The molecule has 1 amide bonds. The second-order valence-electron chi connectivity index (χ2n) is 7.01. The molecule has 1 aliphatic carbocycles. The smallest absolute Gasteiger partial charge is 0.228 e. The van der Waals surface area contributed by atoms with Crippen molar-refractivity contribution < 1.29 is 14.3 Å². The van der Waals surface area contributed by atoms with Crippen LogP contribution in [-0.4, -0.2) is 18.6 Å². The van der Waals surface area contributed by atoms with Crippen LogP contribution in [0.4, 0.5) is 5.69 Å². The molecule has 4 rings (SSSR count). The summed E-state index contributed by atoms with van der Waals surface area (Å²) in [7, 11) is 0. The maximum Gasteiger partial charge on any atom is 0.228 e. The fourth-order valence-corrected chi connectivity index (χ4v) is 3.86. The van der Waals surface area contributed by atoms with E-state index in [0.717, 1.165) is 34.4 Å². The van der Waals surface area contributed by atoms with Crippen molar-refractivity contribution in [2.75, 3.05) is 11.9 Å². The lowest BCUT2D eigenvalue weighted by atomic mass is 10.1. The SMILES string of the molecule is CCOc1cc2c(cc1NC(=O)C1CC1c1ccc(Br)cc1)OC(C)C2. The summed E-state index contributed by atoms with van der Waals surface area (Å²) in [5.41, 5.74) is 3.05. The monoisotopic (exact) mass is 415 g/mol. The average molecular weight is 416 g/mol. The molecule has 26 heavy (non-hydrogen) atoms. The number of rotatable bonds is 5. The summed E-state index contributed by atoms with van der Waals surface area (Å²) >= 11 is 3.45. The summed E-state index contributed by atoms with van der Waals surface area (Å²) in [5, 5.41) is 3.06. The van der Waals surface area contributed by atoms with Crippen LogP contribution in [0.1, 0.15) is 37.3 Å². The van der Waals surface area contributed by atoms with E-state index < -0.39 is 0 Å². The number of carbonyl (C=O) groups excluding carboxylic acids is 1. The van der Waals surface area contributed by atoms with Crippen LogP contribution in [0.5, 0.6) is 11.5 Å². The number of ether oxygens (including phenoxy) is 2. The number of anilines is 1. The average Bonchev–Trinajstić information content (AvgIpc) is 3.32. The molecular formula is C21H22BrNO3. The van der Waals surface area contributed by atoms with E-state index in [9.17, 15) is 4.79 Å². The Labute approximate surface area is 162 Å². The van der Waals surface area contributed by atoms with Gasteiger partial charge in [0.1, 0.15) is 17.6 Å². The second-order valence-corrected chi connectivity index (χ2v) is 7.93. The van der Waals surface area contributed by atoms with Crippen LogP contribution in [0.25, 0.3) is 0 Å². The van der Waals surface area contributed by atoms with Gasteiger partial charge < -0.3 is 14.8 Å². The molecule has 2 aliphatic rings. The first-order valence-corrected chi connectivity index (χ1v) is 9.87. The van der Waals surface area contributed by atoms with E-state index in [2.05, 4.69) is 33.4 Å². The molecule has 3 unspecified atom stereocenters. The molecule has 136 valence electrons. The van der Waals surface area contributed by atoms with Crippen molar-refractivity contribution >= 4 is 27.5 Å². The summed E-state index contributed by atoms with van der Waals surface area (Å²) in [5.74, 6) is 1.92. The zero-order chi connectivity index (χ0) is 18.3. The lowest BCUT2D eigenvalue weighted by molar-refractivity contribution is -0.117. The predicted octanol–water partition coefficient (Wildman–Crippen LogP) is 4.91. The van der Waals surface area contributed by atoms with Gasteiger partial charge in [0.05, 0.1) is 12.3 Å². The number of hydrogen-bond donors (Lipinski definition) is 1. The third-order valence-electron chi connectivity index (χ3n) is 4.98. The standard InChI is InChI=1S/C21H22BrNO3/c1-3-25-20-9-14-8-12(2)26-19(14)11-18(20)23-21(24)17-10-16(17)13-4-6-15(22)7-5-13/h4-7,9,11-12,16-17H,3,8,10H2,1-2H3,(H,23,24). The van der Waals surface area contributed by atoms with Gasteiger partial charge in [0.25, 0.3) is 0 Å². The minimum atomic E-state index is 0.0127. The van der Waals surface area contributed by atoms with E-state index >= 15 is 0 Å². The fourth-order valence-electron chi connectivity index (χ4n) is 3.60. The van der Waals surface area contributed by atoms with E-state index in [4.69, 9.17) is 9.47 Å². The number of carbonyl (C=O) groups is 1. The number of benzene rings is 2. The van der Waals surface area contributed by atoms with Gasteiger partial charge in [-0.15, -0.1) is 0 Å². The van der Waals surface area contributed by atoms with Gasteiger partial charge in [-0.2, -0.15) is 0 Å². The Kier molecular flexibility index (Phi) is 4.65. The highest BCUT2D eigenvalue weighted by atomic mass is 79.9. The van der Waals surface area contributed by atoms with Gasteiger partial charge in [-0.1, -0.05) is 28.1 Å². The lowest BCUT2D eigenvalue weighted by Gasteiger charge is -2.13. The van der Waals surface area contributed by atoms with Crippen LogP contribution in [0.2, 0.25) is 0 Å². The van der Waals surface area contributed by atoms with Gasteiger partial charge in [-0.3, -0.25) is 4.79 Å². The van der Waals surface area contributed by atoms with Gasteiger partial charge >= 0.3 is 0 Å². The van der Waals surface area contributed by atoms with Crippen LogP contribution < -0.4 is 14.8 Å². The summed E-state index contributed by atoms with van der Waals surface area (Å²) < 4.78 is 12.6. The zero-order valence-electron chi connectivity index (χ0n) is 14.9. The van der Waals surface area contributed by atoms with Gasteiger partial charge in [0.15, 0.2) is 0 Å². The molecule has 1 heterocycles. The van der Waals surface area contributed by atoms with Gasteiger partial charge in [0.2, 0.25) is 5.91 Å². The molecule has 0 bridgehead atoms. The Morgan fingerprint density at radius 2 is 2.08 bits per heavy atom. The maximum absolute atomic E-state index is 12.7. The molecule has 5 heteroatoms. The van der Waals surface area contributed by atoms with E-state index in [1.54, 1.807) is 0 Å². The van der Waals surface area contributed by atoms with Crippen molar-refractivity contribution in [3.63, 3.8) is 0 Å². The Hall–Kier alpha value is -2.01. The largest absolute Gasteiger partial charge is 0.492 e. The Morgan fingerprint density at radius 1 is 1.31 bits per heavy atom. The molecule has 1 fully saturated rings. The molecule has 1 saturated carbocycles. The Bertz CT molecular complexity index is 834. The molecule has 3 atom stereocenters. The molecule has 0 saturated heterocycles. The van der Waals surface area contributed by atoms with E-state index in [1.807, 2.05) is 38.1 Å². The van der Waals surface area contributed by atoms with Crippen LogP contribution in [-0.2, 0) is 11.2 Å². The van der Waals surface area contributed by atoms with Crippen LogP contribution in [0.15, 0.2) is 40.9 Å². The van der Waals surface area contributed by atoms with E-state index in [-0.39, 0.29) is 17.9 Å². The highest BCUT2D eigenvalue weighted by Crippen LogP contribution is 2.48. The summed E-state index contributed by atoms with van der Waals surface area (Å²) in [4.78, 5) is 12.7. The minimum Gasteiger partial charge on any atom is -0.492 e. The Balaban J connectivity index is 1.49. The van der Waals surface area contributed by atoms with Crippen molar-refractivity contribution in [2.24, 2.45) is 5.92 Å². The molecule has 2 aromatic rings. The Morgan fingerprint density at radius 3 is 2.81 bits per heavy atom. The third-order valence-corrected chi connectivity index (χ3v) is 5.51. The normalized spacial score (nSPS) is 23.1. The van der Waals surface area contributed by atoms with Crippen molar-refractivity contribution in [3.8, 4) is 11.5 Å². The maximum atomic E-state index is 12.7. The van der Waals surface area contributed by atoms with Gasteiger partial charge in [-0.05, 0) is 49.9 Å². The summed E-state index contributed by atoms with van der Waals surface area (Å²) in [6.07, 6.45) is 1.92. The molecule has 0 aromatic heterocycles. The molecule has 4 nitrogen and oxygen atoms in total. The van der Waals surface area contributed by atoms with Crippen LogP contribution >= 0.6 is 15.9 Å². The van der Waals surface area contributed by atoms with Crippen molar-refractivity contribution in [2.45, 2.75) is 38.7 Å². The highest BCUT2D eigenvalue weighted by molar-refractivity contribution is 9.10. The second kappa shape index (κ2) is 6.95. The molecule has 0 spiro atoms. The van der Waals surface area contributed by atoms with Crippen LogP contribution in [0, 0.1) is 5.92 Å². The quantitative estimate of drug-likeness (QED) is 0.753. The summed E-state index contributed by atoms with van der Waals surface area (Å²) in [6, 6.07) is 12.1. The number of amides is 1. The van der Waals surface area contributed by atoms with Gasteiger partial charge in [0, 0.05) is 28.4 Å². The minimum absolute atomic E-state index is 0.0127. The first-order chi connectivity index (χ1) is 12.5. The fraction of sp³-hybridized carbons (Fsp3) is 0.381. The molecule has 0 radical (unpaired) electrons. The number of fused-ring (bicyclic) bond motifs is 1. The highest BCUT2D eigenvalue weighted by Gasteiger charge is 2.44. The summed E-state index contributed by atoms with van der Waals surface area (Å²) in [6.45, 7) is 4.55. The molecule has 1 aliphatic heterocycles. The molecule has 1 N–H and O–H groups in total. The van der Waals surface area contributed by atoms with Crippen molar-refractivity contribution in [1.29, 1.82) is 0 Å².